The van der Waals surface area contributed by atoms with E-state index in [9.17, 15) is 4.79 Å². The van der Waals surface area contributed by atoms with Crippen molar-refractivity contribution < 1.29 is 9.53 Å². The number of rotatable bonds is 1. The van der Waals surface area contributed by atoms with Gasteiger partial charge in [-0.25, -0.2) is 4.79 Å². The van der Waals surface area contributed by atoms with E-state index in [1.165, 1.54) is 19.3 Å². The predicted molar refractivity (Wildman–Crippen MR) is 54.8 cm³/mol. The van der Waals surface area contributed by atoms with Gasteiger partial charge in [-0.15, -0.1) is 0 Å². The molecule has 0 amide bonds. The molecule has 1 aliphatic carbocycles. The second-order valence-electron chi connectivity index (χ2n) is 5.42. The lowest BCUT2D eigenvalue weighted by atomic mass is 9.88. The molecule has 0 aromatic carbocycles. The van der Waals surface area contributed by atoms with Gasteiger partial charge in [0.15, 0.2) is 0 Å². The first-order chi connectivity index (χ1) is 6.48. The number of carbonyl (C=O) groups is 1. The van der Waals surface area contributed by atoms with Crippen molar-refractivity contribution in [1.82, 2.24) is 0 Å². The van der Waals surface area contributed by atoms with E-state index in [0.717, 1.165) is 6.42 Å². The molecule has 0 radical (unpaired) electrons. The van der Waals surface area contributed by atoms with Crippen LogP contribution in [0.4, 0.5) is 0 Å². The van der Waals surface area contributed by atoms with Crippen LogP contribution in [0.5, 0.6) is 0 Å². The summed E-state index contributed by atoms with van der Waals surface area (Å²) in [6.07, 6.45) is 4.49. The highest BCUT2D eigenvalue weighted by Crippen LogP contribution is 2.45. The number of ether oxygens (including phenoxy) is 1. The van der Waals surface area contributed by atoms with E-state index in [2.05, 4.69) is 20.4 Å². The van der Waals surface area contributed by atoms with Crippen molar-refractivity contribution in [2.45, 2.75) is 45.6 Å². The first-order valence-corrected chi connectivity index (χ1v) is 5.37. The Morgan fingerprint density at radius 2 is 2.21 bits per heavy atom. The third-order valence-electron chi connectivity index (χ3n) is 3.53. The lowest BCUT2D eigenvalue weighted by molar-refractivity contribution is -0.140. The Balaban J connectivity index is 1.99. The van der Waals surface area contributed by atoms with E-state index in [1.54, 1.807) is 0 Å². The summed E-state index contributed by atoms with van der Waals surface area (Å²) in [7, 11) is 0. The Morgan fingerprint density at radius 3 is 2.64 bits per heavy atom. The van der Waals surface area contributed by atoms with E-state index in [4.69, 9.17) is 4.74 Å². The SMILES string of the molecule is C=C1C[C@H]([C@@H]2CCC(C)(C)C2)OC1=O. The van der Waals surface area contributed by atoms with Gasteiger partial charge >= 0.3 is 5.97 Å². The molecule has 2 rings (SSSR count). The summed E-state index contributed by atoms with van der Waals surface area (Å²) in [5.41, 5.74) is 1.08. The fourth-order valence-corrected chi connectivity index (χ4v) is 2.66. The molecule has 1 saturated carbocycles. The molecule has 2 aliphatic rings. The minimum Gasteiger partial charge on any atom is -0.458 e. The Bertz CT molecular complexity index is 262. The molecule has 0 unspecified atom stereocenters. The summed E-state index contributed by atoms with van der Waals surface area (Å²) in [5.74, 6) is 0.382. The summed E-state index contributed by atoms with van der Waals surface area (Å²) in [6.45, 7) is 8.30. The van der Waals surface area contributed by atoms with Crippen LogP contribution in [0.3, 0.4) is 0 Å². The third kappa shape index (κ3) is 1.70. The Kier molecular flexibility index (Phi) is 2.17. The van der Waals surface area contributed by atoms with Gasteiger partial charge in [-0.05, 0) is 30.6 Å². The smallest absolute Gasteiger partial charge is 0.333 e. The maximum absolute atomic E-state index is 11.2. The van der Waals surface area contributed by atoms with Crippen LogP contribution in [0.1, 0.15) is 39.5 Å². The molecule has 2 nitrogen and oxygen atoms in total. The monoisotopic (exact) mass is 194 g/mol. The fourth-order valence-electron chi connectivity index (χ4n) is 2.66. The first-order valence-electron chi connectivity index (χ1n) is 5.37. The van der Waals surface area contributed by atoms with Crippen molar-refractivity contribution in [2.75, 3.05) is 0 Å². The molecular weight excluding hydrogens is 176 g/mol. The number of hydrogen-bond acceptors (Lipinski definition) is 2. The molecule has 2 heteroatoms. The summed E-state index contributed by atoms with van der Waals surface area (Å²) in [6, 6.07) is 0. The van der Waals surface area contributed by atoms with Gasteiger partial charge in [0.05, 0.1) is 0 Å². The lowest BCUT2D eigenvalue weighted by Gasteiger charge is -2.20. The molecule has 1 aliphatic heterocycles. The van der Waals surface area contributed by atoms with Crippen LogP contribution in [-0.4, -0.2) is 12.1 Å². The largest absolute Gasteiger partial charge is 0.458 e. The predicted octanol–water partition coefficient (Wildman–Crippen LogP) is 2.68. The standard InChI is InChI=1S/C12H18O2/c1-8-6-10(14-11(8)13)9-4-5-12(2,3)7-9/h9-10H,1,4-7H2,2-3H3/t9-,10-/m1/s1. The third-order valence-corrected chi connectivity index (χ3v) is 3.53. The fraction of sp³-hybridized carbons (Fsp3) is 0.750. The summed E-state index contributed by atoms with van der Waals surface area (Å²) < 4.78 is 5.31. The second kappa shape index (κ2) is 3.11. The normalized spacial score (nSPS) is 36.1. The van der Waals surface area contributed by atoms with Gasteiger partial charge in [0.25, 0.3) is 0 Å². The second-order valence-corrected chi connectivity index (χ2v) is 5.42. The molecule has 2 fully saturated rings. The van der Waals surface area contributed by atoms with E-state index < -0.39 is 0 Å². The summed E-state index contributed by atoms with van der Waals surface area (Å²) in [4.78, 5) is 11.2. The van der Waals surface area contributed by atoms with Crippen LogP contribution in [0.2, 0.25) is 0 Å². The molecule has 2 atom stereocenters. The molecule has 0 spiro atoms. The average molecular weight is 194 g/mol. The topological polar surface area (TPSA) is 26.3 Å². The van der Waals surface area contributed by atoms with Crippen molar-refractivity contribution in [3.8, 4) is 0 Å². The number of hydrogen-bond donors (Lipinski definition) is 0. The lowest BCUT2D eigenvalue weighted by Crippen LogP contribution is -2.19. The Morgan fingerprint density at radius 1 is 1.50 bits per heavy atom. The highest BCUT2D eigenvalue weighted by molar-refractivity contribution is 5.89. The molecule has 14 heavy (non-hydrogen) atoms. The van der Waals surface area contributed by atoms with Gasteiger partial charge in [0.1, 0.15) is 6.10 Å². The van der Waals surface area contributed by atoms with Crippen LogP contribution in [0.15, 0.2) is 12.2 Å². The summed E-state index contributed by atoms with van der Waals surface area (Å²) >= 11 is 0. The van der Waals surface area contributed by atoms with Crippen molar-refractivity contribution in [3.63, 3.8) is 0 Å². The average Bonchev–Trinajstić information content (AvgIpc) is 2.57. The molecule has 0 N–H and O–H groups in total. The van der Waals surface area contributed by atoms with Crippen molar-refractivity contribution in [1.29, 1.82) is 0 Å². The van der Waals surface area contributed by atoms with Crippen LogP contribution in [0, 0.1) is 11.3 Å². The molecule has 0 aromatic rings. The van der Waals surface area contributed by atoms with Gasteiger partial charge in [0.2, 0.25) is 0 Å². The minimum atomic E-state index is -0.181. The molecule has 1 saturated heterocycles. The van der Waals surface area contributed by atoms with E-state index >= 15 is 0 Å². The Hall–Kier alpha value is -0.790. The zero-order valence-corrected chi connectivity index (χ0v) is 9.01. The van der Waals surface area contributed by atoms with E-state index in [0.29, 0.717) is 16.9 Å². The quantitative estimate of drug-likeness (QED) is 0.474. The van der Waals surface area contributed by atoms with Crippen LogP contribution >= 0.6 is 0 Å². The van der Waals surface area contributed by atoms with E-state index in [-0.39, 0.29) is 12.1 Å². The van der Waals surface area contributed by atoms with Gasteiger partial charge in [-0.3, -0.25) is 0 Å². The molecule has 78 valence electrons. The van der Waals surface area contributed by atoms with Crippen molar-refractivity contribution >= 4 is 5.97 Å². The minimum absolute atomic E-state index is 0.122. The maximum Gasteiger partial charge on any atom is 0.333 e. The van der Waals surface area contributed by atoms with Gasteiger partial charge in [0, 0.05) is 12.0 Å². The molecule has 0 aromatic heterocycles. The number of carbonyl (C=O) groups excluding carboxylic acids is 1. The maximum atomic E-state index is 11.2. The van der Waals surface area contributed by atoms with Gasteiger partial charge in [-0.2, -0.15) is 0 Å². The number of cyclic esters (lactones) is 1. The summed E-state index contributed by atoms with van der Waals surface area (Å²) in [5, 5.41) is 0. The molecular formula is C12H18O2. The van der Waals surface area contributed by atoms with Gasteiger partial charge in [-0.1, -0.05) is 20.4 Å². The number of esters is 1. The highest BCUT2D eigenvalue weighted by atomic mass is 16.5. The molecule has 1 heterocycles. The van der Waals surface area contributed by atoms with Crippen LogP contribution < -0.4 is 0 Å². The van der Waals surface area contributed by atoms with Crippen molar-refractivity contribution in [2.24, 2.45) is 11.3 Å². The highest BCUT2D eigenvalue weighted by Gasteiger charge is 2.40. The zero-order chi connectivity index (χ0) is 10.3. The Labute approximate surface area is 85.3 Å². The van der Waals surface area contributed by atoms with Crippen LogP contribution in [0.25, 0.3) is 0 Å². The van der Waals surface area contributed by atoms with Crippen LogP contribution in [-0.2, 0) is 9.53 Å². The van der Waals surface area contributed by atoms with E-state index in [1.807, 2.05) is 0 Å². The molecule has 0 bridgehead atoms. The van der Waals surface area contributed by atoms with Gasteiger partial charge < -0.3 is 4.74 Å². The zero-order valence-electron chi connectivity index (χ0n) is 9.01. The van der Waals surface area contributed by atoms with Crippen molar-refractivity contribution in [3.05, 3.63) is 12.2 Å². The first kappa shape index (κ1) is 9.75.